The number of aliphatic carboxylic acids is 2. The first-order valence-electron chi connectivity index (χ1n) is 24.8. The molecule has 0 aliphatic heterocycles. The van der Waals surface area contributed by atoms with Gasteiger partial charge < -0.3 is 65.0 Å². The van der Waals surface area contributed by atoms with Crippen LogP contribution in [-0.4, -0.2) is 173 Å². The van der Waals surface area contributed by atoms with Crippen molar-refractivity contribution < 1.29 is 84.6 Å². The highest BCUT2D eigenvalue weighted by Crippen LogP contribution is 2.41. The first-order chi connectivity index (χ1) is 36.2. The van der Waals surface area contributed by atoms with Crippen molar-refractivity contribution in [2.75, 3.05) is 97.1 Å². The van der Waals surface area contributed by atoms with E-state index in [1.807, 2.05) is 55.7 Å². The number of hydrogen-bond donors (Lipinski definition) is 6. The van der Waals surface area contributed by atoms with Crippen LogP contribution in [0, 0.1) is 17.0 Å². The third-order valence-electron chi connectivity index (χ3n) is 10.8. The lowest BCUT2D eigenvalue weighted by Crippen LogP contribution is -2.45. The number of carboxylic acids is 2. The maximum absolute atomic E-state index is 15.3. The highest BCUT2D eigenvalue weighted by Gasteiger charge is 2.39. The van der Waals surface area contributed by atoms with Gasteiger partial charge in [-0.05, 0) is 47.7 Å². The molecule has 2 atom stereocenters. The second-order valence-corrected chi connectivity index (χ2v) is 26.2. The van der Waals surface area contributed by atoms with Crippen molar-refractivity contribution in [3.8, 4) is 11.1 Å². The zero-order chi connectivity index (χ0) is 57.6. The fraction of sp³-hybridized carbons (Fsp3) is 0.569. The van der Waals surface area contributed by atoms with Crippen LogP contribution in [0.5, 0.6) is 0 Å². The molecule has 432 valence electrons. The maximum atomic E-state index is 15.3. The van der Waals surface area contributed by atoms with Crippen LogP contribution in [0.2, 0.25) is 25.7 Å². The number of thioether (sulfide) groups is 1. The lowest BCUT2D eigenvalue weighted by molar-refractivity contribution is -0.192. The van der Waals surface area contributed by atoms with Crippen LogP contribution in [0.3, 0.4) is 0 Å². The van der Waals surface area contributed by atoms with Crippen LogP contribution in [0.1, 0.15) is 50.9 Å². The summed E-state index contributed by atoms with van der Waals surface area (Å²) >= 11 is 1.06. The van der Waals surface area contributed by atoms with Crippen molar-refractivity contribution in [3.63, 3.8) is 0 Å². The molecule has 1 heterocycles. The van der Waals surface area contributed by atoms with Gasteiger partial charge in [0.1, 0.15) is 17.7 Å². The van der Waals surface area contributed by atoms with E-state index in [4.69, 9.17) is 39.3 Å². The molecule has 0 saturated carbocycles. The number of benzene rings is 2. The van der Waals surface area contributed by atoms with Crippen molar-refractivity contribution in [1.82, 2.24) is 25.4 Å². The average Bonchev–Trinajstić information content (AvgIpc) is 3.75. The smallest absolute Gasteiger partial charge is 0.480 e. The highest BCUT2D eigenvalue weighted by molar-refractivity contribution is 8.00. The molecule has 2 aromatic carbocycles. The van der Waals surface area contributed by atoms with Gasteiger partial charge in [-0.3, -0.25) is 14.4 Å². The standard InChI is InChI=1S/C49H74F2N6O11SSi.C2HF3O2/c1-49(2,3)46(42-29-37(39-30-38(50)13-14-40(39)51)33-56(42)32-36-11-8-7-9-12-36)57(18-10-16-54-48(63)68-27-28-70(4,5)6)45(60)35-69-34-41(47(61)62)55-43(58)15-19-64-21-23-66-25-26-67-24-22-65-20-17-53-44(59)31-52;3-2(4,5)1(6)7/h7-9,11-14,29-30,33,41,46H,10,15-28,31-32,34-35,52H2,1-6H3,(H,53,59)(H,54,63)(H,55,58)(H,61,62);(H,6,7). The molecule has 0 aliphatic rings. The van der Waals surface area contributed by atoms with Crippen molar-refractivity contribution in [2.45, 2.75) is 84.1 Å². The molecule has 0 bridgehead atoms. The topological polar surface area (TPSA) is 259 Å². The van der Waals surface area contributed by atoms with E-state index in [0.717, 1.165) is 41.6 Å². The summed E-state index contributed by atoms with van der Waals surface area (Å²) < 4.78 is 90.7. The predicted molar refractivity (Wildman–Crippen MR) is 282 cm³/mol. The lowest BCUT2D eigenvalue weighted by Gasteiger charge is -2.41. The number of alkyl carbamates (subject to hydrolysis) is 1. The summed E-state index contributed by atoms with van der Waals surface area (Å²) in [5, 5.41) is 25.1. The molecule has 0 aliphatic carbocycles. The molecule has 26 heteroatoms. The summed E-state index contributed by atoms with van der Waals surface area (Å²) in [5.41, 5.74) is 6.66. The second kappa shape index (κ2) is 35.0. The van der Waals surface area contributed by atoms with E-state index in [1.165, 1.54) is 0 Å². The Bertz CT molecular complexity index is 2290. The molecule has 0 fully saturated rings. The number of aromatic nitrogens is 1. The van der Waals surface area contributed by atoms with E-state index in [9.17, 15) is 46.6 Å². The largest absolute Gasteiger partial charge is 0.490 e. The van der Waals surface area contributed by atoms with E-state index >= 15 is 4.39 Å². The number of carbonyl (C=O) groups excluding carboxylic acids is 4. The summed E-state index contributed by atoms with van der Waals surface area (Å²) in [6.07, 6.45) is -3.65. The molecule has 2 unspecified atom stereocenters. The first kappa shape index (κ1) is 67.5. The van der Waals surface area contributed by atoms with Crippen LogP contribution in [-0.2, 0) is 54.2 Å². The molecule has 3 rings (SSSR count). The van der Waals surface area contributed by atoms with Gasteiger partial charge in [0.05, 0.1) is 77.8 Å². The van der Waals surface area contributed by atoms with E-state index in [1.54, 1.807) is 17.2 Å². The second-order valence-electron chi connectivity index (χ2n) is 19.5. The minimum atomic E-state index is -5.08. The average molecular weight is 1140 g/mol. The molecule has 0 spiro atoms. The van der Waals surface area contributed by atoms with Crippen LogP contribution in [0.15, 0.2) is 60.8 Å². The number of amides is 4. The summed E-state index contributed by atoms with van der Waals surface area (Å²) in [6.45, 7) is 16.0. The Kier molecular flexibility index (Phi) is 30.7. The molecular weight excluding hydrogens is 1060 g/mol. The quantitative estimate of drug-likeness (QED) is 0.0217. The first-order valence-corrected chi connectivity index (χ1v) is 29.7. The number of carboxylic acid groups (broad SMARTS) is 2. The maximum Gasteiger partial charge on any atom is 0.490 e. The van der Waals surface area contributed by atoms with Crippen LogP contribution >= 0.6 is 11.8 Å². The van der Waals surface area contributed by atoms with Crippen LogP contribution in [0.4, 0.5) is 26.7 Å². The van der Waals surface area contributed by atoms with Gasteiger partial charge in [-0.25, -0.2) is 23.2 Å². The summed E-state index contributed by atoms with van der Waals surface area (Å²) in [5.74, 6) is -6.62. The highest BCUT2D eigenvalue weighted by atomic mass is 32.2. The normalized spacial score (nSPS) is 12.4. The van der Waals surface area contributed by atoms with Gasteiger partial charge in [-0.15, -0.1) is 11.8 Å². The summed E-state index contributed by atoms with van der Waals surface area (Å²) in [4.78, 5) is 73.9. The number of rotatable bonds is 34. The van der Waals surface area contributed by atoms with E-state index < -0.39 is 67.3 Å². The van der Waals surface area contributed by atoms with Crippen molar-refractivity contribution in [1.29, 1.82) is 0 Å². The monoisotopic (exact) mass is 1130 g/mol. The molecular formula is C51H75F5N6O13SSi. The number of alkyl halides is 3. The van der Waals surface area contributed by atoms with Crippen molar-refractivity contribution in [3.05, 3.63) is 83.7 Å². The summed E-state index contributed by atoms with van der Waals surface area (Å²) in [6, 6.07) is 13.5. The Morgan fingerprint density at radius 2 is 1.39 bits per heavy atom. The third-order valence-corrected chi connectivity index (χ3v) is 13.5. The SMILES string of the molecule is CC(C)(C)C(c1cc(-c2cc(F)ccc2F)cn1Cc1ccccc1)N(CCCNC(=O)OCC[Si](C)(C)C)C(=O)CSCC(NC(=O)CCOCCOCCOCCOCCNC(=O)CN)C(=O)O.O=C(O)C(F)(F)F. The van der Waals surface area contributed by atoms with Crippen molar-refractivity contribution in [2.24, 2.45) is 11.1 Å². The van der Waals surface area contributed by atoms with Gasteiger partial charge in [0, 0.05) is 69.4 Å². The number of carbonyl (C=O) groups is 6. The molecule has 0 saturated heterocycles. The third kappa shape index (κ3) is 28.5. The number of nitrogens with two attached hydrogens (primary N) is 1. The van der Waals surface area contributed by atoms with Crippen LogP contribution in [0.25, 0.3) is 11.1 Å². The zero-order valence-electron chi connectivity index (χ0n) is 44.5. The molecule has 19 nitrogen and oxygen atoms in total. The lowest BCUT2D eigenvalue weighted by atomic mass is 9.83. The predicted octanol–water partition coefficient (Wildman–Crippen LogP) is 6.32. The Labute approximate surface area is 451 Å². The van der Waals surface area contributed by atoms with Crippen LogP contribution < -0.4 is 21.7 Å². The molecule has 0 radical (unpaired) electrons. The molecule has 1 aromatic heterocycles. The Balaban J connectivity index is 0.00000270. The van der Waals surface area contributed by atoms with Gasteiger partial charge in [0.25, 0.3) is 0 Å². The number of halogens is 5. The van der Waals surface area contributed by atoms with Gasteiger partial charge in [0.15, 0.2) is 0 Å². The molecule has 3 aromatic rings. The Morgan fingerprint density at radius 1 is 0.792 bits per heavy atom. The zero-order valence-corrected chi connectivity index (χ0v) is 46.3. The minimum Gasteiger partial charge on any atom is -0.480 e. The number of nitrogens with zero attached hydrogens (tertiary/aromatic N) is 2. The number of ether oxygens (including phenoxy) is 5. The van der Waals surface area contributed by atoms with E-state index in [0.29, 0.717) is 70.4 Å². The van der Waals surface area contributed by atoms with E-state index in [-0.39, 0.29) is 74.8 Å². The Hall–Kier alpha value is -5.64. The fourth-order valence-electron chi connectivity index (χ4n) is 7.00. The van der Waals surface area contributed by atoms with Gasteiger partial charge >= 0.3 is 24.2 Å². The van der Waals surface area contributed by atoms with Gasteiger partial charge in [-0.1, -0.05) is 70.7 Å². The molecule has 7 N–H and O–H groups in total. The fourth-order valence-corrected chi connectivity index (χ4v) is 8.63. The van der Waals surface area contributed by atoms with Gasteiger partial charge in [0.2, 0.25) is 17.7 Å². The number of hydrogen-bond acceptors (Lipinski definition) is 13. The molecule has 4 amide bonds. The van der Waals surface area contributed by atoms with Gasteiger partial charge in [-0.2, -0.15) is 13.2 Å². The Morgan fingerprint density at radius 3 is 1.95 bits per heavy atom. The van der Waals surface area contributed by atoms with E-state index in [2.05, 4.69) is 35.6 Å². The summed E-state index contributed by atoms with van der Waals surface area (Å²) in [7, 11) is -1.43. The van der Waals surface area contributed by atoms with Crippen molar-refractivity contribution >= 4 is 55.6 Å². The number of nitrogens with one attached hydrogen (secondary N) is 3. The minimum absolute atomic E-state index is 0.0283. The molecule has 77 heavy (non-hydrogen) atoms.